The van der Waals surface area contributed by atoms with Crippen LogP contribution in [0.2, 0.25) is 0 Å². The van der Waals surface area contributed by atoms with Crippen molar-refractivity contribution in [3.8, 4) is 11.3 Å². The van der Waals surface area contributed by atoms with Crippen LogP contribution in [0.1, 0.15) is 10.6 Å². The lowest BCUT2D eigenvalue weighted by molar-refractivity contribution is -0.116. The molecule has 0 unspecified atom stereocenters. The van der Waals surface area contributed by atoms with Crippen molar-refractivity contribution in [1.29, 1.82) is 0 Å². The Morgan fingerprint density at radius 2 is 1.76 bits per heavy atom. The fourth-order valence-electron chi connectivity index (χ4n) is 3.37. The lowest BCUT2D eigenvalue weighted by atomic mass is 10.1. The van der Waals surface area contributed by atoms with E-state index in [2.05, 4.69) is 26.2 Å². The van der Waals surface area contributed by atoms with Gasteiger partial charge in [-0.25, -0.2) is 13.4 Å². The first kappa shape index (κ1) is 24.3. The van der Waals surface area contributed by atoms with E-state index < -0.39 is 15.9 Å². The average molecular weight is 557 g/mol. The summed E-state index contributed by atoms with van der Waals surface area (Å²) in [6.07, 6.45) is 0. The molecule has 0 spiro atoms. The van der Waals surface area contributed by atoms with Gasteiger partial charge in [0.2, 0.25) is 15.9 Å². The summed E-state index contributed by atoms with van der Waals surface area (Å²) in [5.41, 5.74) is 3.07. The van der Waals surface area contributed by atoms with E-state index in [0.29, 0.717) is 5.69 Å². The van der Waals surface area contributed by atoms with Gasteiger partial charge in [0.15, 0.2) is 0 Å². The Morgan fingerprint density at radius 3 is 2.44 bits per heavy atom. The molecule has 1 amide bonds. The molecule has 0 bridgehead atoms. The number of halogens is 1. The number of aryl methyl sites for hydroxylation is 1. The molecule has 0 aliphatic carbocycles. The molecule has 1 N–H and O–H groups in total. The molecule has 9 heteroatoms. The number of rotatable bonds is 8. The number of thiazole rings is 1. The number of aromatic nitrogens is 1. The van der Waals surface area contributed by atoms with Gasteiger partial charge in [-0.05, 0) is 48.9 Å². The SMILES string of the molecule is Cc1nc(-c2cccc(NC(=O)CN(Cc3ccc(Br)cc3)S(=O)(=O)c3ccccc3)c2)cs1. The number of nitrogens with zero attached hydrogens (tertiary/aromatic N) is 2. The maximum Gasteiger partial charge on any atom is 0.243 e. The highest BCUT2D eigenvalue weighted by atomic mass is 79.9. The van der Waals surface area contributed by atoms with Crippen molar-refractivity contribution in [2.45, 2.75) is 18.4 Å². The molecule has 1 aromatic heterocycles. The zero-order valence-corrected chi connectivity index (χ0v) is 21.5. The van der Waals surface area contributed by atoms with E-state index in [1.165, 1.54) is 16.4 Å². The van der Waals surface area contributed by atoms with Crippen LogP contribution in [0.15, 0.2) is 93.6 Å². The van der Waals surface area contributed by atoms with Crippen LogP contribution in [0.3, 0.4) is 0 Å². The summed E-state index contributed by atoms with van der Waals surface area (Å²) in [5, 5.41) is 5.75. The minimum absolute atomic E-state index is 0.0655. The number of hydrogen-bond acceptors (Lipinski definition) is 5. The monoisotopic (exact) mass is 555 g/mol. The minimum Gasteiger partial charge on any atom is -0.325 e. The first-order valence-corrected chi connectivity index (χ1v) is 13.5. The standard InChI is InChI=1S/C25H22BrN3O3S2/c1-18-27-24(17-33-18)20-6-5-7-22(14-20)28-25(30)16-29(15-19-10-12-21(26)13-11-19)34(31,32)23-8-3-2-4-9-23/h2-14,17H,15-16H2,1H3,(H,28,30). The molecule has 6 nitrogen and oxygen atoms in total. The van der Waals surface area contributed by atoms with Crippen molar-refractivity contribution in [3.05, 3.63) is 99.3 Å². The lowest BCUT2D eigenvalue weighted by Gasteiger charge is -2.22. The highest BCUT2D eigenvalue weighted by Crippen LogP contribution is 2.25. The molecule has 3 aromatic carbocycles. The molecule has 0 saturated heterocycles. The summed E-state index contributed by atoms with van der Waals surface area (Å²) < 4.78 is 28.8. The van der Waals surface area contributed by atoms with Gasteiger partial charge in [0.05, 0.1) is 22.1 Å². The first-order chi connectivity index (χ1) is 16.3. The van der Waals surface area contributed by atoms with Gasteiger partial charge < -0.3 is 5.32 Å². The van der Waals surface area contributed by atoms with Gasteiger partial charge in [-0.3, -0.25) is 4.79 Å². The lowest BCUT2D eigenvalue weighted by Crippen LogP contribution is -2.37. The summed E-state index contributed by atoms with van der Waals surface area (Å²) in [6.45, 7) is 1.68. The molecule has 0 saturated carbocycles. The van der Waals surface area contributed by atoms with Crippen molar-refractivity contribution in [2.75, 3.05) is 11.9 Å². The van der Waals surface area contributed by atoms with Gasteiger partial charge in [-0.15, -0.1) is 11.3 Å². The van der Waals surface area contributed by atoms with E-state index in [1.54, 1.807) is 35.6 Å². The van der Waals surface area contributed by atoms with E-state index in [-0.39, 0.29) is 18.0 Å². The molecule has 4 rings (SSSR count). The van der Waals surface area contributed by atoms with Gasteiger partial charge in [0, 0.05) is 27.6 Å². The zero-order chi connectivity index (χ0) is 24.1. The Labute approximate surface area is 211 Å². The number of amides is 1. The third-order valence-corrected chi connectivity index (χ3v) is 8.14. The molecule has 0 atom stereocenters. The second-order valence-corrected chi connectivity index (χ2v) is 11.5. The summed E-state index contributed by atoms with van der Waals surface area (Å²) >= 11 is 4.94. The Kier molecular flexibility index (Phi) is 7.57. The topological polar surface area (TPSA) is 79.4 Å². The van der Waals surface area contributed by atoms with Crippen LogP contribution in [-0.4, -0.2) is 30.2 Å². The Morgan fingerprint density at radius 1 is 1.03 bits per heavy atom. The molecule has 0 fully saturated rings. The number of hydrogen-bond donors (Lipinski definition) is 1. The van der Waals surface area contributed by atoms with Crippen LogP contribution in [0.4, 0.5) is 5.69 Å². The minimum atomic E-state index is -3.89. The molecule has 174 valence electrons. The second kappa shape index (κ2) is 10.6. The summed E-state index contributed by atoms with van der Waals surface area (Å²) in [6, 6.07) is 22.8. The van der Waals surface area contributed by atoms with E-state index >= 15 is 0 Å². The largest absolute Gasteiger partial charge is 0.325 e. The summed E-state index contributed by atoms with van der Waals surface area (Å²) in [5.74, 6) is -0.428. The normalized spacial score (nSPS) is 11.5. The van der Waals surface area contributed by atoms with E-state index in [1.807, 2.05) is 54.8 Å². The molecule has 34 heavy (non-hydrogen) atoms. The smallest absolute Gasteiger partial charge is 0.243 e. The molecule has 1 heterocycles. The zero-order valence-electron chi connectivity index (χ0n) is 18.3. The second-order valence-electron chi connectivity index (χ2n) is 7.59. The number of carbonyl (C=O) groups excluding carboxylic acids is 1. The van der Waals surface area contributed by atoms with Crippen LogP contribution in [0.5, 0.6) is 0 Å². The summed E-state index contributed by atoms with van der Waals surface area (Å²) in [4.78, 5) is 17.6. The van der Waals surface area contributed by atoms with Gasteiger partial charge in [-0.2, -0.15) is 4.31 Å². The van der Waals surface area contributed by atoms with Crippen molar-refractivity contribution >= 4 is 48.9 Å². The first-order valence-electron chi connectivity index (χ1n) is 10.4. The molecule has 0 radical (unpaired) electrons. The predicted molar refractivity (Wildman–Crippen MR) is 139 cm³/mol. The quantitative estimate of drug-likeness (QED) is 0.302. The molecule has 0 aliphatic heterocycles. The van der Waals surface area contributed by atoms with Gasteiger partial charge in [0.25, 0.3) is 0 Å². The van der Waals surface area contributed by atoms with E-state index in [0.717, 1.165) is 26.3 Å². The van der Waals surface area contributed by atoms with Gasteiger partial charge >= 0.3 is 0 Å². The van der Waals surface area contributed by atoms with Crippen molar-refractivity contribution in [3.63, 3.8) is 0 Å². The average Bonchev–Trinajstić information content (AvgIpc) is 3.27. The Bertz CT molecular complexity index is 1390. The molecule has 4 aromatic rings. The predicted octanol–water partition coefficient (Wildman–Crippen LogP) is 5.71. The summed E-state index contributed by atoms with van der Waals surface area (Å²) in [7, 11) is -3.89. The molecular formula is C25H22BrN3O3S2. The number of carbonyl (C=O) groups is 1. The van der Waals surface area contributed by atoms with Crippen LogP contribution in [-0.2, 0) is 21.4 Å². The van der Waals surface area contributed by atoms with Crippen LogP contribution < -0.4 is 5.32 Å². The maximum atomic E-state index is 13.4. The van der Waals surface area contributed by atoms with Gasteiger partial charge in [-0.1, -0.05) is 58.4 Å². The van der Waals surface area contributed by atoms with E-state index in [4.69, 9.17) is 0 Å². The molecular weight excluding hydrogens is 534 g/mol. The third kappa shape index (κ3) is 5.98. The number of benzene rings is 3. The highest BCUT2D eigenvalue weighted by Gasteiger charge is 2.27. The number of nitrogens with one attached hydrogen (secondary N) is 1. The van der Waals surface area contributed by atoms with Crippen molar-refractivity contribution in [1.82, 2.24) is 9.29 Å². The van der Waals surface area contributed by atoms with Crippen LogP contribution >= 0.6 is 27.3 Å². The number of sulfonamides is 1. The fourth-order valence-corrected chi connectivity index (χ4v) is 5.67. The maximum absolute atomic E-state index is 13.4. The van der Waals surface area contributed by atoms with Crippen molar-refractivity contribution < 1.29 is 13.2 Å². The Hall–Kier alpha value is -2.85. The highest BCUT2D eigenvalue weighted by molar-refractivity contribution is 9.10. The van der Waals surface area contributed by atoms with Gasteiger partial charge in [0.1, 0.15) is 0 Å². The van der Waals surface area contributed by atoms with Crippen molar-refractivity contribution in [2.24, 2.45) is 0 Å². The van der Waals surface area contributed by atoms with Crippen LogP contribution in [0, 0.1) is 6.92 Å². The Balaban J connectivity index is 1.56. The number of anilines is 1. The fraction of sp³-hybridized carbons (Fsp3) is 0.120. The van der Waals surface area contributed by atoms with E-state index in [9.17, 15) is 13.2 Å². The third-order valence-electron chi connectivity index (χ3n) is 5.03. The van der Waals surface area contributed by atoms with Crippen LogP contribution in [0.25, 0.3) is 11.3 Å². The molecule has 0 aliphatic rings.